The lowest BCUT2D eigenvalue weighted by Gasteiger charge is -2.31. The first-order chi connectivity index (χ1) is 16.3. The van der Waals surface area contributed by atoms with Crippen LogP contribution in [0.5, 0.6) is 0 Å². The molecule has 0 aromatic heterocycles. The molecule has 0 bridgehead atoms. The topological polar surface area (TPSA) is 86.8 Å². The van der Waals surface area contributed by atoms with Gasteiger partial charge in [0, 0.05) is 26.1 Å². The summed E-state index contributed by atoms with van der Waals surface area (Å²) in [6, 6.07) is 17.9. The minimum absolute atomic E-state index is 0.143. The van der Waals surface area contributed by atoms with E-state index < -0.39 is 16.1 Å². The Labute approximate surface area is 204 Å². The van der Waals surface area contributed by atoms with Crippen LogP contribution in [-0.2, 0) is 26.2 Å². The number of carbonyl (C=O) groups excluding carboxylic acids is 2. The van der Waals surface area contributed by atoms with Crippen molar-refractivity contribution in [1.29, 1.82) is 0 Å². The molecule has 0 heterocycles. The molecule has 0 fully saturated rings. The molecule has 0 saturated heterocycles. The van der Waals surface area contributed by atoms with Crippen LogP contribution in [0.2, 0.25) is 0 Å². The van der Waals surface area contributed by atoms with Crippen LogP contribution in [0.1, 0.15) is 51.5 Å². The molecule has 0 aliphatic carbocycles. The Kier molecular flexibility index (Phi) is 11.1. The third-order valence-electron chi connectivity index (χ3n) is 5.61. The van der Waals surface area contributed by atoms with Crippen molar-refractivity contribution in [2.24, 2.45) is 0 Å². The van der Waals surface area contributed by atoms with Crippen LogP contribution in [0.25, 0.3) is 0 Å². The lowest BCUT2D eigenvalue weighted by Crippen LogP contribution is -2.49. The smallest absolute Gasteiger partial charge is 0.242 e. The van der Waals surface area contributed by atoms with Gasteiger partial charge in [0.05, 0.1) is 11.9 Å². The molecular formula is C26H37N3O4S. The van der Waals surface area contributed by atoms with Gasteiger partial charge >= 0.3 is 0 Å². The van der Waals surface area contributed by atoms with E-state index in [1.807, 2.05) is 43.3 Å². The van der Waals surface area contributed by atoms with E-state index in [1.54, 1.807) is 29.2 Å². The zero-order chi connectivity index (χ0) is 25.0. The average molecular weight is 488 g/mol. The highest BCUT2D eigenvalue weighted by Gasteiger charge is 2.28. The van der Waals surface area contributed by atoms with Crippen molar-refractivity contribution in [3.8, 4) is 0 Å². The molecule has 8 heteroatoms. The highest BCUT2D eigenvalue weighted by molar-refractivity contribution is 7.92. The highest BCUT2D eigenvalue weighted by Crippen LogP contribution is 2.19. The molecule has 34 heavy (non-hydrogen) atoms. The Bertz CT molecular complexity index is 997. The number of sulfonamides is 1. The summed E-state index contributed by atoms with van der Waals surface area (Å²) in [7, 11) is -3.49. The normalized spacial score (nSPS) is 12.1. The number of unbranched alkanes of at least 4 members (excludes halogenated alkanes) is 1. The summed E-state index contributed by atoms with van der Waals surface area (Å²) >= 11 is 0. The predicted octanol–water partition coefficient (Wildman–Crippen LogP) is 3.96. The number of amides is 2. The first-order valence-corrected chi connectivity index (χ1v) is 13.8. The Hall–Kier alpha value is -2.87. The van der Waals surface area contributed by atoms with E-state index in [-0.39, 0.29) is 24.8 Å². The van der Waals surface area contributed by atoms with Gasteiger partial charge < -0.3 is 10.2 Å². The summed E-state index contributed by atoms with van der Waals surface area (Å²) in [5, 5.41) is 2.95. The van der Waals surface area contributed by atoms with Gasteiger partial charge in [0.1, 0.15) is 6.04 Å². The molecule has 0 saturated carbocycles. The molecule has 1 N–H and O–H groups in total. The van der Waals surface area contributed by atoms with Gasteiger partial charge in [-0.1, -0.05) is 68.8 Å². The number of hydrogen-bond acceptors (Lipinski definition) is 4. The van der Waals surface area contributed by atoms with Crippen LogP contribution >= 0.6 is 0 Å². The van der Waals surface area contributed by atoms with E-state index in [0.717, 1.165) is 24.7 Å². The fraction of sp³-hybridized carbons (Fsp3) is 0.462. The monoisotopic (exact) mass is 487 g/mol. The minimum Gasteiger partial charge on any atom is -0.354 e. The minimum atomic E-state index is -3.49. The Morgan fingerprint density at radius 2 is 1.56 bits per heavy atom. The molecule has 186 valence electrons. The summed E-state index contributed by atoms with van der Waals surface area (Å²) in [6.07, 6.45) is 4.01. The van der Waals surface area contributed by atoms with Gasteiger partial charge in [-0.05, 0) is 37.0 Å². The molecule has 2 amide bonds. The van der Waals surface area contributed by atoms with Crippen molar-refractivity contribution in [3.63, 3.8) is 0 Å². The lowest BCUT2D eigenvalue weighted by atomic mass is 10.1. The molecule has 0 spiro atoms. The van der Waals surface area contributed by atoms with Gasteiger partial charge in [-0.3, -0.25) is 13.9 Å². The predicted molar refractivity (Wildman–Crippen MR) is 137 cm³/mol. The van der Waals surface area contributed by atoms with Crippen LogP contribution < -0.4 is 9.62 Å². The van der Waals surface area contributed by atoms with Gasteiger partial charge in [-0.15, -0.1) is 0 Å². The van der Waals surface area contributed by atoms with Gasteiger partial charge in [-0.2, -0.15) is 0 Å². The molecule has 2 aromatic rings. The number of benzene rings is 2. The summed E-state index contributed by atoms with van der Waals surface area (Å²) in [4.78, 5) is 27.8. The van der Waals surface area contributed by atoms with Gasteiger partial charge in [-0.25, -0.2) is 8.42 Å². The van der Waals surface area contributed by atoms with Crippen molar-refractivity contribution < 1.29 is 18.0 Å². The number of carbonyl (C=O) groups is 2. The van der Waals surface area contributed by atoms with Crippen LogP contribution in [0.15, 0.2) is 60.7 Å². The molecule has 1 atom stereocenters. The average Bonchev–Trinajstić information content (AvgIpc) is 2.82. The van der Waals surface area contributed by atoms with E-state index in [2.05, 4.69) is 12.2 Å². The van der Waals surface area contributed by atoms with Crippen molar-refractivity contribution in [2.45, 2.75) is 58.5 Å². The third kappa shape index (κ3) is 8.48. The summed E-state index contributed by atoms with van der Waals surface area (Å²) in [5.41, 5.74) is 1.51. The summed E-state index contributed by atoms with van der Waals surface area (Å²) < 4.78 is 26.0. The molecule has 2 rings (SSSR count). The number of nitrogens with zero attached hydrogens (tertiary/aromatic N) is 2. The number of rotatable bonds is 14. The first-order valence-electron chi connectivity index (χ1n) is 11.9. The molecular weight excluding hydrogens is 450 g/mol. The van der Waals surface area contributed by atoms with E-state index in [1.165, 1.54) is 4.31 Å². The fourth-order valence-corrected chi connectivity index (χ4v) is 4.77. The van der Waals surface area contributed by atoms with E-state index in [9.17, 15) is 18.0 Å². The highest BCUT2D eigenvalue weighted by atomic mass is 32.2. The van der Waals surface area contributed by atoms with E-state index in [0.29, 0.717) is 31.6 Å². The van der Waals surface area contributed by atoms with Crippen LogP contribution in [0, 0.1) is 0 Å². The number of para-hydroxylation sites is 1. The van der Waals surface area contributed by atoms with Crippen molar-refractivity contribution >= 4 is 27.5 Å². The van der Waals surface area contributed by atoms with E-state index >= 15 is 0 Å². The Morgan fingerprint density at radius 3 is 2.12 bits per heavy atom. The molecule has 0 aliphatic rings. The van der Waals surface area contributed by atoms with Crippen LogP contribution in [-0.4, -0.2) is 50.5 Å². The molecule has 2 aromatic carbocycles. The largest absolute Gasteiger partial charge is 0.354 e. The lowest BCUT2D eigenvalue weighted by molar-refractivity contribution is -0.141. The maximum absolute atomic E-state index is 13.3. The third-order valence-corrected chi connectivity index (χ3v) is 6.80. The Morgan fingerprint density at radius 1 is 0.941 bits per heavy atom. The zero-order valence-corrected chi connectivity index (χ0v) is 21.3. The van der Waals surface area contributed by atoms with Gasteiger partial charge in [0.2, 0.25) is 21.8 Å². The zero-order valence-electron chi connectivity index (χ0n) is 20.4. The quantitative estimate of drug-likeness (QED) is 0.409. The van der Waals surface area contributed by atoms with Crippen LogP contribution in [0.4, 0.5) is 5.69 Å². The fourth-order valence-electron chi connectivity index (χ4n) is 3.80. The first kappa shape index (κ1) is 27.4. The van der Waals surface area contributed by atoms with Gasteiger partial charge in [0.25, 0.3) is 0 Å². The molecule has 0 aliphatic heterocycles. The summed E-state index contributed by atoms with van der Waals surface area (Å²) in [6.45, 7) is 5.06. The van der Waals surface area contributed by atoms with Crippen LogP contribution in [0.3, 0.4) is 0 Å². The Balaban J connectivity index is 2.14. The summed E-state index contributed by atoms with van der Waals surface area (Å²) in [5.74, 6) is -0.315. The molecule has 0 radical (unpaired) electrons. The van der Waals surface area contributed by atoms with Crippen molar-refractivity contribution in [3.05, 3.63) is 66.2 Å². The van der Waals surface area contributed by atoms with Crippen molar-refractivity contribution in [1.82, 2.24) is 10.2 Å². The maximum atomic E-state index is 13.3. The standard InChI is InChI=1S/C26H37N3O4S/c1-4-6-19-27-26(31)24(5-2)28(21-22-14-9-7-10-15-22)25(30)18-13-20-29(34(3,32)33)23-16-11-8-12-17-23/h7-12,14-17,24H,4-6,13,18-21H2,1-3H3,(H,27,31). The van der Waals surface area contributed by atoms with Crippen molar-refractivity contribution in [2.75, 3.05) is 23.7 Å². The second-order valence-electron chi connectivity index (χ2n) is 8.35. The van der Waals surface area contributed by atoms with Gasteiger partial charge in [0.15, 0.2) is 0 Å². The maximum Gasteiger partial charge on any atom is 0.242 e. The molecule has 7 nitrogen and oxygen atoms in total. The second kappa shape index (κ2) is 13.7. The SMILES string of the molecule is CCCCNC(=O)C(CC)N(Cc1ccccc1)C(=O)CCCN(c1ccccc1)S(C)(=O)=O. The number of hydrogen-bond donors (Lipinski definition) is 1. The number of anilines is 1. The van der Waals surface area contributed by atoms with E-state index in [4.69, 9.17) is 0 Å². The second-order valence-corrected chi connectivity index (χ2v) is 10.3. The number of nitrogens with one attached hydrogen (secondary N) is 1. The molecule has 1 unspecified atom stereocenters.